The smallest absolute Gasteiger partial charge is 0.309 e. The molecule has 0 saturated heterocycles. The highest BCUT2D eigenvalue weighted by Crippen LogP contribution is 2.38. The largest absolute Gasteiger partial charge is 0.481 e. The molecule has 11 heavy (non-hydrogen) atoms. The molecule has 1 aliphatic rings. The normalized spacial score (nSPS) is 23.0. The molecule has 0 aromatic heterocycles. The summed E-state index contributed by atoms with van der Waals surface area (Å²) in [4.78, 5) is 10.9. The summed E-state index contributed by atoms with van der Waals surface area (Å²) >= 11 is 0. The SMILES string of the molecule is C[CH]C1(C(=O)O)CCCCC1. The Bertz CT molecular complexity index is 146. The molecule has 63 valence electrons. The zero-order valence-corrected chi connectivity index (χ0v) is 6.97. The van der Waals surface area contributed by atoms with E-state index in [1.54, 1.807) is 0 Å². The lowest BCUT2D eigenvalue weighted by molar-refractivity contribution is -0.148. The molecule has 0 aliphatic heterocycles. The molecule has 0 heterocycles. The van der Waals surface area contributed by atoms with Crippen LogP contribution in [0.4, 0.5) is 0 Å². The lowest BCUT2D eigenvalue weighted by atomic mass is 9.72. The van der Waals surface area contributed by atoms with Crippen LogP contribution in [0.2, 0.25) is 0 Å². The van der Waals surface area contributed by atoms with Crippen LogP contribution in [-0.4, -0.2) is 11.1 Å². The number of carboxylic acid groups (broad SMARTS) is 1. The number of carboxylic acids is 1. The fraction of sp³-hybridized carbons (Fsp3) is 0.778. The van der Waals surface area contributed by atoms with E-state index >= 15 is 0 Å². The van der Waals surface area contributed by atoms with Crippen molar-refractivity contribution in [3.63, 3.8) is 0 Å². The summed E-state index contributed by atoms with van der Waals surface area (Å²) in [5, 5.41) is 8.96. The van der Waals surface area contributed by atoms with E-state index in [0.29, 0.717) is 0 Å². The molecule has 0 bridgehead atoms. The molecule has 2 heteroatoms. The summed E-state index contributed by atoms with van der Waals surface area (Å²) in [6.07, 6.45) is 6.85. The van der Waals surface area contributed by atoms with Crippen LogP contribution in [0.3, 0.4) is 0 Å². The first-order chi connectivity index (χ1) is 5.21. The topological polar surface area (TPSA) is 37.3 Å². The van der Waals surface area contributed by atoms with Gasteiger partial charge in [-0.05, 0) is 19.3 Å². The van der Waals surface area contributed by atoms with Gasteiger partial charge in [-0.1, -0.05) is 26.2 Å². The Morgan fingerprint density at radius 2 is 1.91 bits per heavy atom. The van der Waals surface area contributed by atoms with Gasteiger partial charge in [0.05, 0.1) is 5.41 Å². The molecule has 0 spiro atoms. The maximum absolute atomic E-state index is 10.9. The summed E-state index contributed by atoms with van der Waals surface area (Å²) in [5.41, 5.74) is -0.488. The second-order valence-corrected chi connectivity index (χ2v) is 3.31. The third-order valence-electron chi connectivity index (χ3n) is 2.72. The quantitative estimate of drug-likeness (QED) is 0.664. The molecule has 2 nitrogen and oxygen atoms in total. The first-order valence-corrected chi connectivity index (χ1v) is 4.25. The van der Waals surface area contributed by atoms with Gasteiger partial charge < -0.3 is 5.11 Å². The first kappa shape index (κ1) is 8.57. The van der Waals surface area contributed by atoms with Crippen molar-refractivity contribution < 1.29 is 9.90 Å². The Morgan fingerprint density at radius 1 is 1.36 bits per heavy atom. The fourth-order valence-electron chi connectivity index (χ4n) is 1.81. The summed E-state index contributed by atoms with van der Waals surface area (Å²) in [7, 11) is 0. The first-order valence-electron chi connectivity index (χ1n) is 4.25. The van der Waals surface area contributed by atoms with Crippen LogP contribution in [0.1, 0.15) is 39.0 Å². The van der Waals surface area contributed by atoms with Crippen molar-refractivity contribution in [3.05, 3.63) is 6.42 Å². The number of carbonyl (C=O) groups is 1. The van der Waals surface area contributed by atoms with E-state index in [1.165, 1.54) is 6.42 Å². The minimum atomic E-state index is -0.639. The van der Waals surface area contributed by atoms with Crippen molar-refractivity contribution in [1.29, 1.82) is 0 Å². The minimum absolute atomic E-state index is 0.488. The van der Waals surface area contributed by atoms with Gasteiger partial charge >= 0.3 is 5.97 Å². The molecule has 0 atom stereocenters. The van der Waals surface area contributed by atoms with Gasteiger partial charge in [-0.15, -0.1) is 0 Å². The number of rotatable bonds is 2. The van der Waals surface area contributed by atoms with Crippen molar-refractivity contribution in [1.82, 2.24) is 0 Å². The molecule has 1 N–H and O–H groups in total. The predicted octanol–water partition coefficient (Wildman–Crippen LogP) is 2.25. The van der Waals surface area contributed by atoms with Crippen LogP contribution in [0.5, 0.6) is 0 Å². The lowest BCUT2D eigenvalue weighted by Gasteiger charge is -2.31. The van der Waals surface area contributed by atoms with Gasteiger partial charge in [0.1, 0.15) is 0 Å². The third kappa shape index (κ3) is 1.55. The lowest BCUT2D eigenvalue weighted by Crippen LogP contribution is -2.32. The van der Waals surface area contributed by atoms with E-state index < -0.39 is 11.4 Å². The number of hydrogen-bond donors (Lipinski definition) is 1. The van der Waals surface area contributed by atoms with Crippen molar-refractivity contribution >= 4 is 5.97 Å². The van der Waals surface area contributed by atoms with Crippen molar-refractivity contribution in [2.24, 2.45) is 5.41 Å². The van der Waals surface area contributed by atoms with E-state index in [2.05, 4.69) is 0 Å². The Morgan fingerprint density at radius 3 is 2.18 bits per heavy atom. The summed E-state index contributed by atoms with van der Waals surface area (Å²) < 4.78 is 0. The highest BCUT2D eigenvalue weighted by molar-refractivity contribution is 5.76. The Hall–Kier alpha value is -0.530. The van der Waals surface area contributed by atoms with Gasteiger partial charge in [-0.3, -0.25) is 4.79 Å². The van der Waals surface area contributed by atoms with Crippen molar-refractivity contribution in [3.8, 4) is 0 Å². The predicted molar refractivity (Wildman–Crippen MR) is 43.1 cm³/mol. The average Bonchev–Trinajstić information content (AvgIpc) is 2.05. The molecule has 1 radical (unpaired) electrons. The van der Waals surface area contributed by atoms with Crippen molar-refractivity contribution in [2.45, 2.75) is 39.0 Å². The van der Waals surface area contributed by atoms with E-state index in [-0.39, 0.29) is 0 Å². The van der Waals surface area contributed by atoms with E-state index in [1.807, 2.05) is 13.3 Å². The molecule has 1 saturated carbocycles. The molecule has 1 aliphatic carbocycles. The van der Waals surface area contributed by atoms with Crippen LogP contribution >= 0.6 is 0 Å². The second-order valence-electron chi connectivity index (χ2n) is 3.31. The summed E-state index contributed by atoms with van der Waals surface area (Å²) in [5.74, 6) is -0.639. The third-order valence-corrected chi connectivity index (χ3v) is 2.72. The maximum atomic E-state index is 10.9. The maximum Gasteiger partial charge on any atom is 0.309 e. The van der Waals surface area contributed by atoms with Crippen LogP contribution in [0.25, 0.3) is 0 Å². The molecule has 1 fully saturated rings. The molecular formula is C9H15O2. The van der Waals surface area contributed by atoms with Gasteiger partial charge in [0, 0.05) is 0 Å². The summed E-state index contributed by atoms with van der Waals surface area (Å²) in [6, 6.07) is 0. The minimum Gasteiger partial charge on any atom is -0.481 e. The van der Waals surface area contributed by atoms with Crippen LogP contribution < -0.4 is 0 Å². The number of hydrogen-bond acceptors (Lipinski definition) is 1. The van der Waals surface area contributed by atoms with Gasteiger partial charge in [-0.25, -0.2) is 0 Å². The highest BCUT2D eigenvalue weighted by atomic mass is 16.4. The Labute approximate surface area is 67.6 Å². The standard InChI is InChI=1S/C9H15O2/c1-2-9(8(10)11)6-4-3-5-7-9/h2H,3-7H2,1H3,(H,10,11). The molecule has 0 aromatic rings. The zero-order valence-electron chi connectivity index (χ0n) is 6.97. The second kappa shape index (κ2) is 3.24. The fourth-order valence-corrected chi connectivity index (χ4v) is 1.81. The molecule has 0 aromatic carbocycles. The molecule has 0 amide bonds. The average molecular weight is 155 g/mol. The molecular weight excluding hydrogens is 140 g/mol. The van der Waals surface area contributed by atoms with E-state index in [9.17, 15) is 4.79 Å². The summed E-state index contributed by atoms with van der Waals surface area (Å²) in [6.45, 7) is 1.86. The van der Waals surface area contributed by atoms with Crippen molar-refractivity contribution in [2.75, 3.05) is 0 Å². The van der Waals surface area contributed by atoms with E-state index in [0.717, 1.165) is 25.7 Å². The van der Waals surface area contributed by atoms with Gasteiger partial charge in [0.2, 0.25) is 0 Å². The highest BCUT2D eigenvalue weighted by Gasteiger charge is 2.37. The Kier molecular flexibility index (Phi) is 2.53. The zero-order chi connectivity index (χ0) is 8.32. The van der Waals surface area contributed by atoms with Crippen LogP contribution in [-0.2, 0) is 4.79 Å². The Balaban J connectivity index is 2.64. The molecule has 1 rings (SSSR count). The molecule has 0 unspecified atom stereocenters. The monoisotopic (exact) mass is 155 g/mol. The number of aliphatic carboxylic acids is 1. The van der Waals surface area contributed by atoms with Gasteiger partial charge in [-0.2, -0.15) is 0 Å². The van der Waals surface area contributed by atoms with Gasteiger partial charge in [0.25, 0.3) is 0 Å². The van der Waals surface area contributed by atoms with Gasteiger partial charge in [0.15, 0.2) is 0 Å². The van der Waals surface area contributed by atoms with E-state index in [4.69, 9.17) is 5.11 Å². The van der Waals surface area contributed by atoms with Crippen LogP contribution in [0, 0.1) is 11.8 Å². The van der Waals surface area contributed by atoms with Crippen LogP contribution in [0.15, 0.2) is 0 Å².